The molecule has 1 aromatic carbocycles. The highest BCUT2D eigenvalue weighted by Crippen LogP contribution is 2.25. The summed E-state index contributed by atoms with van der Waals surface area (Å²) in [4.78, 5) is 8.76. The first-order chi connectivity index (χ1) is 9.79. The quantitative estimate of drug-likeness (QED) is 0.788. The third kappa shape index (κ3) is 2.28. The van der Waals surface area contributed by atoms with Crippen LogP contribution in [0.15, 0.2) is 42.9 Å². The van der Waals surface area contributed by atoms with Gasteiger partial charge in [0.25, 0.3) is 0 Å². The lowest BCUT2D eigenvalue weighted by molar-refractivity contribution is 0.146. The molecule has 5 nitrogen and oxygen atoms in total. The molecule has 0 aliphatic carbocycles. The number of nitrogens with zero attached hydrogens (tertiary/aromatic N) is 4. The van der Waals surface area contributed by atoms with E-state index >= 15 is 0 Å². The first-order valence-electron chi connectivity index (χ1n) is 6.69. The van der Waals surface area contributed by atoms with Gasteiger partial charge in [-0.15, -0.1) is 0 Å². The normalized spacial score (nSPS) is 12.7. The van der Waals surface area contributed by atoms with Crippen LogP contribution >= 0.6 is 0 Å². The summed E-state index contributed by atoms with van der Waals surface area (Å²) in [6.07, 6.45) is 3.55. The zero-order valence-electron chi connectivity index (χ0n) is 11.3. The Labute approximate surface area is 116 Å². The van der Waals surface area contributed by atoms with Gasteiger partial charge in [-0.2, -0.15) is 5.10 Å². The molecule has 2 aromatic heterocycles. The van der Waals surface area contributed by atoms with Crippen molar-refractivity contribution in [1.82, 2.24) is 19.7 Å². The van der Waals surface area contributed by atoms with E-state index in [1.807, 2.05) is 37.3 Å². The molecule has 2 heterocycles. The van der Waals surface area contributed by atoms with Crippen LogP contribution in [0.25, 0.3) is 22.3 Å². The molecule has 5 heteroatoms. The zero-order chi connectivity index (χ0) is 13.9. The highest BCUT2D eigenvalue weighted by Gasteiger charge is 2.13. The summed E-state index contributed by atoms with van der Waals surface area (Å²) in [5, 5.41) is 15.1. The Morgan fingerprint density at radius 3 is 2.90 bits per heavy atom. The Morgan fingerprint density at radius 1 is 1.20 bits per heavy atom. The molecule has 1 atom stereocenters. The fourth-order valence-electron chi connectivity index (χ4n) is 2.22. The minimum atomic E-state index is -0.418. The monoisotopic (exact) mass is 268 g/mol. The van der Waals surface area contributed by atoms with Crippen LogP contribution in [0.5, 0.6) is 0 Å². The summed E-state index contributed by atoms with van der Waals surface area (Å²) in [7, 11) is 0. The van der Waals surface area contributed by atoms with Crippen LogP contribution in [0.3, 0.4) is 0 Å². The fraction of sp³-hybridized carbons (Fsp3) is 0.267. The number of para-hydroxylation sites is 1. The highest BCUT2D eigenvalue weighted by molar-refractivity contribution is 5.91. The summed E-state index contributed by atoms with van der Waals surface area (Å²) >= 11 is 0. The third-order valence-corrected chi connectivity index (χ3v) is 3.34. The molecule has 0 fully saturated rings. The van der Waals surface area contributed by atoms with Crippen LogP contribution in [-0.4, -0.2) is 31.0 Å². The molecule has 1 unspecified atom stereocenters. The summed E-state index contributed by atoms with van der Waals surface area (Å²) < 4.78 is 1.73. The number of aliphatic hydroxyl groups excluding tert-OH is 1. The van der Waals surface area contributed by atoms with Gasteiger partial charge in [0.05, 0.1) is 18.2 Å². The van der Waals surface area contributed by atoms with Crippen LogP contribution in [0.4, 0.5) is 0 Å². The van der Waals surface area contributed by atoms with Crippen LogP contribution in [0.2, 0.25) is 0 Å². The number of aromatic nitrogens is 4. The van der Waals surface area contributed by atoms with Crippen molar-refractivity contribution in [3.63, 3.8) is 0 Å². The van der Waals surface area contributed by atoms with Crippen molar-refractivity contribution in [3.05, 3.63) is 42.9 Å². The predicted molar refractivity (Wildman–Crippen MR) is 77.1 cm³/mol. The van der Waals surface area contributed by atoms with Gasteiger partial charge in [0.2, 0.25) is 0 Å². The van der Waals surface area contributed by atoms with Gasteiger partial charge in [0, 0.05) is 17.1 Å². The zero-order valence-corrected chi connectivity index (χ0v) is 11.3. The minimum absolute atomic E-state index is 0.418. The Bertz CT molecular complexity index is 717. The van der Waals surface area contributed by atoms with Gasteiger partial charge in [0.15, 0.2) is 5.82 Å². The van der Waals surface area contributed by atoms with Gasteiger partial charge in [0.1, 0.15) is 6.33 Å². The van der Waals surface area contributed by atoms with Gasteiger partial charge in [-0.05, 0) is 18.6 Å². The molecule has 20 heavy (non-hydrogen) atoms. The molecule has 0 amide bonds. The maximum absolute atomic E-state index is 9.81. The number of pyridine rings is 1. The number of hydrogen-bond acceptors (Lipinski definition) is 4. The second-order valence-electron chi connectivity index (χ2n) is 4.71. The first-order valence-corrected chi connectivity index (χ1v) is 6.69. The van der Waals surface area contributed by atoms with E-state index in [1.165, 1.54) is 6.33 Å². The van der Waals surface area contributed by atoms with Gasteiger partial charge in [-0.3, -0.25) is 4.98 Å². The molecule has 0 aliphatic rings. The van der Waals surface area contributed by atoms with Crippen LogP contribution < -0.4 is 0 Å². The number of rotatable bonds is 4. The average molecular weight is 268 g/mol. The molecular formula is C15H16N4O. The summed E-state index contributed by atoms with van der Waals surface area (Å²) in [6.45, 7) is 2.38. The second kappa shape index (κ2) is 5.38. The van der Waals surface area contributed by atoms with Crippen LogP contribution in [-0.2, 0) is 6.54 Å². The van der Waals surface area contributed by atoms with Crippen molar-refractivity contribution in [3.8, 4) is 11.4 Å². The van der Waals surface area contributed by atoms with Crippen molar-refractivity contribution in [2.24, 2.45) is 0 Å². The van der Waals surface area contributed by atoms with E-state index < -0.39 is 6.10 Å². The number of hydrogen-bond donors (Lipinski definition) is 1. The van der Waals surface area contributed by atoms with Crippen molar-refractivity contribution in [2.75, 3.05) is 0 Å². The van der Waals surface area contributed by atoms with E-state index in [-0.39, 0.29) is 0 Å². The summed E-state index contributed by atoms with van der Waals surface area (Å²) in [6, 6.07) is 9.92. The molecule has 3 aromatic rings. The topological polar surface area (TPSA) is 63.8 Å². The number of benzene rings is 1. The van der Waals surface area contributed by atoms with Crippen molar-refractivity contribution in [2.45, 2.75) is 26.0 Å². The molecule has 1 N–H and O–H groups in total. The molecule has 3 rings (SSSR count). The molecule has 0 saturated heterocycles. The lowest BCUT2D eigenvalue weighted by atomic mass is 10.1. The van der Waals surface area contributed by atoms with Crippen molar-refractivity contribution < 1.29 is 5.11 Å². The van der Waals surface area contributed by atoms with Crippen molar-refractivity contribution >= 4 is 10.9 Å². The molecule has 0 bridgehead atoms. The Kier molecular flexibility index (Phi) is 3.43. The maximum atomic E-state index is 9.81. The van der Waals surface area contributed by atoms with E-state index in [9.17, 15) is 5.11 Å². The average Bonchev–Trinajstić information content (AvgIpc) is 2.94. The van der Waals surface area contributed by atoms with Gasteiger partial charge in [-0.25, -0.2) is 9.67 Å². The molecule has 102 valence electrons. The van der Waals surface area contributed by atoms with Gasteiger partial charge < -0.3 is 5.11 Å². The second-order valence-corrected chi connectivity index (χ2v) is 4.71. The van der Waals surface area contributed by atoms with E-state index in [0.29, 0.717) is 13.0 Å². The molecular weight excluding hydrogens is 252 g/mol. The van der Waals surface area contributed by atoms with E-state index in [1.54, 1.807) is 10.9 Å². The molecule has 0 saturated carbocycles. The Hall–Kier alpha value is -2.27. The van der Waals surface area contributed by atoms with E-state index in [2.05, 4.69) is 15.1 Å². The molecule has 0 radical (unpaired) electrons. The lowest BCUT2D eigenvalue weighted by Gasteiger charge is -2.11. The fourth-order valence-corrected chi connectivity index (χ4v) is 2.22. The number of fused-ring (bicyclic) bond motifs is 1. The lowest BCUT2D eigenvalue weighted by Crippen LogP contribution is -2.16. The van der Waals surface area contributed by atoms with Crippen LogP contribution in [0, 0.1) is 0 Å². The van der Waals surface area contributed by atoms with E-state index in [0.717, 1.165) is 22.3 Å². The Morgan fingerprint density at radius 2 is 2.05 bits per heavy atom. The third-order valence-electron chi connectivity index (χ3n) is 3.34. The van der Waals surface area contributed by atoms with E-state index in [4.69, 9.17) is 0 Å². The van der Waals surface area contributed by atoms with Gasteiger partial charge in [-0.1, -0.05) is 25.1 Å². The maximum Gasteiger partial charge on any atom is 0.160 e. The standard InChI is InChI=1S/C15H16N4O/c1-2-12(20)9-19-15(17-10-18-19)13-7-3-5-11-6-4-8-16-14(11)13/h3-8,10,12,20H,2,9H2,1H3. The highest BCUT2D eigenvalue weighted by atomic mass is 16.3. The first kappa shape index (κ1) is 12.7. The molecule has 0 aliphatic heterocycles. The number of aliphatic hydroxyl groups is 1. The molecule has 0 spiro atoms. The Balaban J connectivity index is 2.10. The summed E-state index contributed by atoms with van der Waals surface area (Å²) in [5.41, 5.74) is 1.83. The minimum Gasteiger partial charge on any atom is -0.391 e. The van der Waals surface area contributed by atoms with Gasteiger partial charge >= 0.3 is 0 Å². The predicted octanol–water partition coefficient (Wildman–Crippen LogP) is 2.26. The largest absolute Gasteiger partial charge is 0.391 e. The summed E-state index contributed by atoms with van der Waals surface area (Å²) in [5.74, 6) is 0.738. The van der Waals surface area contributed by atoms with Crippen LogP contribution in [0.1, 0.15) is 13.3 Å². The SMILES string of the molecule is CCC(O)Cn1ncnc1-c1cccc2cccnc12. The van der Waals surface area contributed by atoms with Crippen molar-refractivity contribution in [1.29, 1.82) is 0 Å². The smallest absolute Gasteiger partial charge is 0.160 e.